The Labute approximate surface area is 184 Å². The summed E-state index contributed by atoms with van der Waals surface area (Å²) in [5.74, 6) is -0.396. The van der Waals surface area contributed by atoms with Gasteiger partial charge in [0.1, 0.15) is 4.34 Å². The zero-order valence-electron chi connectivity index (χ0n) is 14.7. The topological polar surface area (TPSA) is 59.1 Å². The number of hydrogen-bond acceptors (Lipinski definition) is 5. The van der Waals surface area contributed by atoms with Crippen LogP contribution in [0.4, 0.5) is 5.13 Å². The van der Waals surface area contributed by atoms with E-state index >= 15 is 0 Å². The molecule has 29 heavy (non-hydrogen) atoms. The maximum atomic E-state index is 12.5. The van der Waals surface area contributed by atoms with Crippen molar-refractivity contribution in [2.75, 3.05) is 5.32 Å². The van der Waals surface area contributed by atoms with Crippen molar-refractivity contribution in [2.45, 2.75) is 0 Å². The van der Waals surface area contributed by atoms with Crippen LogP contribution < -0.4 is 5.32 Å². The Morgan fingerprint density at radius 3 is 2.21 bits per heavy atom. The SMILES string of the molecule is O=C(Nc1nc(-c2cc(Cl)sc2Cl)cs1)c1ccc(C(=O)c2ccccc2)cc1. The van der Waals surface area contributed by atoms with Crippen molar-refractivity contribution >= 4 is 62.7 Å². The number of thiazole rings is 1. The molecular formula is C21H12Cl2N2O2S2. The molecule has 0 saturated carbocycles. The van der Waals surface area contributed by atoms with Crippen LogP contribution in [0.1, 0.15) is 26.3 Å². The van der Waals surface area contributed by atoms with E-state index in [0.29, 0.717) is 36.2 Å². The van der Waals surface area contributed by atoms with Crippen LogP contribution in [-0.4, -0.2) is 16.7 Å². The minimum atomic E-state index is -0.306. The lowest BCUT2D eigenvalue weighted by Crippen LogP contribution is -2.12. The van der Waals surface area contributed by atoms with Crippen molar-refractivity contribution in [1.29, 1.82) is 0 Å². The lowest BCUT2D eigenvalue weighted by atomic mass is 10.0. The highest BCUT2D eigenvalue weighted by Gasteiger charge is 2.15. The van der Waals surface area contributed by atoms with Crippen molar-refractivity contribution in [3.8, 4) is 11.3 Å². The Balaban J connectivity index is 1.47. The second kappa shape index (κ2) is 8.47. The second-order valence-corrected chi connectivity index (χ2v) is 9.15. The number of benzene rings is 2. The van der Waals surface area contributed by atoms with Crippen molar-refractivity contribution in [3.63, 3.8) is 0 Å². The van der Waals surface area contributed by atoms with Crippen LogP contribution in [0.25, 0.3) is 11.3 Å². The highest BCUT2D eigenvalue weighted by molar-refractivity contribution is 7.20. The third kappa shape index (κ3) is 4.41. The van der Waals surface area contributed by atoms with Gasteiger partial charge < -0.3 is 0 Å². The molecule has 0 saturated heterocycles. The van der Waals surface area contributed by atoms with Crippen LogP contribution in [0.15, 0.2) is 66.0 Å². The largest absolute Gasteiger partial charge is 0.298 e. The average molecular weight is 459 g/mol. The summed E-state index contributed by atoms with van der Waals surface area (Å²) in [5, 5.41) is 5.02. The first-order chi connectivity index (χ1) is 14.0. The molecule has 144 valence electrons. The Kier molecular flexibility index (Phi) is 5.78. The van der Waals surface area contributed by atoms with Crippen LogP contribution in [0.5, 0.6) is 0 Å². The number of hydrogen-bond donors (Lipinski definition) is 1. The molecule has 1 N–H and O–H groups in total. The molecule has 2 heterocycles. The van der Waals surface area contributed by atoms with Gasteiger partial charge in [0.05, 0.1) is 10.0 Å². The molecule has 4 aromatic rings. The molecule has 0 atom stereocenters. The molecule has 0 fully saturated rings. The van der Waals surface area contributed by atoms with E-state index in [-0.39, 0.29) is 11.7 Å². The minimum Gasteiger partial charge on any atom is -0.298 e. The fraction of sp³-hybridized carbons (Fsp3) is 0. The molecule has 2 aromatic carbocycles. The third-order valence-corrected chi connectivity index (χ3v) is 6.35. The van der Waals surface area contributed by atoms with E-state index in [1.165, 1.54) is 22.7 Å². The van der Waals surface area contributed by atoms with Crippen LogP contribution in [0, 0.1) is 0 Å². The number of aromatic nitrogens is 1. The van der Waals surface area contributed by atoms with Gasteiger partial charge in [0, 0.05) is 27.6 Å². The lowest BCUT2D eigenvalue weighted by Gasteiger charge is -2.04. The summed E-state index contributed by atoms with van der Waals surface area (Å²) in [7, 11) is 0. The molecule has 4 rings (SSSR count). The molecule has 0 spiro atoms. The van der Waals surface area contributed by atoms with E-state index in [2.05, 4.69) is 10.3 Å². The number of carbonyl (C=O) groups is 2. The molecule has 1 amide bonds. The number of nitrogens with zero attached hydrogens (tertiary/aromatic N) is 1. The number of halogens is 2. The first-order valence-electron chi connectivity index (χ1n) is 8.43. The second-order valence-electron chi connectivity index (χ2n) is 6.00. The predicted octanol–water partition coefficient (Wildman–Crippen LogP) is 6.66. The maximum absolute atomic E-state index is 12.5. The van der Waals surface area contributed by atoms with Gasteiger partial charge in [-0.15, -0.1) is 22.7 Å². The van der Waals surface area contributed by atoms with E-state index in [4.69, 9.17) is 23.2 Å². The summed E-state index contributed by atoms with van der Waals surface area (Å²) in [6.07, 6.45) is 0. The van der Waals surface area contributed by atoms with Crippen molar-refractivity contribution in [2.24, 2.45) is 0 Å². The zero-order valence-corrected chi connectivity index (χ0v) is 17.8. The van der Waals surface area contributed by atoms with Gasteiger partial charge in [-0.2, -0.15) is 0 Å². The van der Waals surface area contributed by atoms with E-state index in [1.54, 1.807) is 42.5 Å². The molecule has 8 heteroatoms. The summed E-state index contributed by atoms with van der Waals surface area (Å²) in [6, 6.07) is 17.3. The van der Waals surface area contributed by atoms with E-state index in [0.717, 1.165) is 5.56 Å². The number of ketones is 1. The van der Waals surface area contributed by atoms with Gasteiger partial charge in [-0.05, 0) is 18.2 Å². The summed E-state index contributed by atoms with van der Waals surface area (Å²) in [6.45, 7) is 0. The summed E-state index contributed by atoms with van der Waals surface area (Å²) in [4.78, 5) is 29.4. The predicted molar refractivity (Wildman–Crippen MR) is 120 cm³/mol. The molecule has 0 aliphatic heterocycles. The molecule has 0 radical (unpaired) electrons. The first-order valence-corrected chi connectivity index (χ1v) is 10.9. The molecule has 2 aromatic heterocycles. The number of carbonyl (C=O) groups excluding carboxylic acids is 2. The number of rotatable bonds is 5. The quantitative estimate of drug-likeness (QED) is 0.340. The van der Waals surface area contributed by atoms with Gasteiger partial charge in [0.2, 0.25) is 0 Å². The normalized spacial score (nSPS) is 10.7. The Morgan fingerprint density at radius 2 is 1.55 bits per heavy atom. The van der Waals surface area contributed by atoms with Gasteiger partial charge in [-0.3, -0.25) is 14.9 Å². The Morgan fingerprint density at radius 1 is 0.897 bits per heavy atom. The number of thiophene rings is 1. The van der Waals surface area contributed by atoms with Gasteiger partial charge in [-0.25, -0.2) is 4.98 Å². The van der Waals surface area contributed by atoms with Crippen LogP contribution in [-0.2, 0) is 0 Å². The molecular weight excluding hydrogens is 447 g/mol. The zero-order chi connectivity index (χ0) is 20.4. The lowest BCUT2D eigenvalue weighted by molar-refractivity contribution is 0.102. The van der Waals surface area contributed by atoms with Gasteiger partial charge in [0.15, 0.2) is 10.9 Å². The van der Waals surface area contributed by atoms with E-state index in [9.17, 15) is 9.59 Å². The van der Waals surface area contributed by atoms with Crippen LogP contribution >= 0.6 is 45.9 Å². The Bertz CT molecular complexity index is 1190. The summed E-state index contributed by atoms with van der Waals surface area (Å²) in [5.41, 5.74) is 2.95. The van der Waals surface area contributed by atoms with E-state index in [1.807, 2.05) is 23.6 Å². The molecule has 0 aliphatic rings. The van der Waals surface area contributed by atoms with Crippen LogP contribution in [0.3, 0.4) is 0 Å². The summed E-state index contributed by atoms with van der Waals surface area (Å²) < 4.78 is 1.13. The molecule has 0 unspecified atom stereocenters. The van der Waals surface area contributed by atoms with Crippen LogP contribution in [0.2, 0.25) is 8.67 Å². The smallest absolute Gasteiger partial charge is 0.257 e. The average Bonchev–Trinajstić information content (AvgIpc) is 3.33. The monoisotopic (exact) mass is 458 g/mol. The molecule has 4 nitrogen and oxygen atoms in total. The maximum Gasteiger partial charge on any atom is 0.257 e. The highest BCUT2D eigenvalue weighted by atomic mass is 35.5. The number of amides is 1. The standard InChI is InChI=1S/C21H12Cl2N2O2S2/c22-17-10-15(19(23)29-17)16-11-28-21(24-16)25-20(27)14-8-6-13(7-9-14)18(26)12-4-2-1-3-5-12/h1-11H,(H,24,25,27). The summed E-state index contributed by atoms with van der Waals surface area (Å²) >= 11 is 14.7. The van der Waals surface area contributed by atoms with Crippen molar-refractivity contribution < 1.29 is 9.59 Å². The van der Waals surface area contributed by atoms with Gasteiger partial charge in [0.25, 0.3) is 5.91 Å². The third-order valence-electron chi connectivity index (χ3n) is 4.10. The fourth-order valence-electron chi connectivity index (χ4n) is 2.67. The first kappa shape index (κ1) is 19.8. The Hall–Kier alpha value is -2.51. The fourth-order valence-corrected chi connectivity index (χ4v) is 4.86. The van der Waals surface area contributed by atoms with Gasteiger partial charge in [-0.1, -0.05) is 65.7 Å². The number of anilines is 1. The van der Waals surface area contributed by atoms with Crippen molar-refractivity contribution in [1.82, 2.24) is 4.98 Å². The molecule has 0 aliphatic carbocycles. The van der Waals surface area contributed by atoms with E-state index < -0.39 is 0 Å². The minimum absolute atomic E-state index is 0.0894. The van der Waals surface area contributed by atoms with Gasteiger partial charge >= 0.3 is 0 Å². The molecule has 0 bridgehead atoms. The number of nitrogens with one attached hydrogen (secondary N) is 1. The van der Waals surface area contributed by atoms with Crippen molar-refractivity contribution in [3.05, 3.63) is 91.4 Å². The highest BCUT2D eigenvalue weighted by Crippen LogP contribution is 2.39.